The van der Waals surface area contributed by atoms with Crippen LogP contribution in [0.15, 0.2) is 36.7 Å². The summed E-state index contributed by atoms with van der Waals surface area (Å²) in [6.45, 7) is 1.79. The Bertz CT molecular complexity index is 639. The first-order valence-corrected chi connectivity index (χ1v) is 5.82. The standard InChI is InChI=1S/C13H13N5O2/c1-8-6-16-11(7-15-8)18-13(20)17-10-5-3-2-4-9(10)12(14)19/h2-7H,1H3,(H2,14,19)(H2,16,17,18,20). The van der Waals surface area contributed by atoms with E-state index in [1.54, 1.807) is 25.1 Å². The minimum atomic E-state index is -0.615. The van der Waals surface area contributed by atoms with Gasteiger partial charge >= 0.3 is 6.03 Å². The lowest BCUT2D eigenvalue weighted by molar-refractivity contribution is 0.100. The summed E-state index contributed by atoms with van der Waals surface area (Å²) < 4.78 is 0. The van der Waals surface area contributed by atoms with E-state index in [4.69, 9.17) is 5.73 Å². The van der Waals surface area contributed by atoms with Crippen molar-refractivity contribution in [2.75, 3.05) is 10.6 Å². The molecule has 0 aliphatic carbocycles. The van der Waals surface area contributed by atoms with Crippen molar-refractivity contribution in [3.8, 4) is 0 Å². The van der Waals surface area contributed by atoms with E-state index in [0.29, 0.717) is 11.5 Å². The summed E-state index contributed by atoms with van der Waals surface area (Å²) in [5.74, 6) is -0.305. The number of urea groups is 1. The van der Waals surface area contributed by atoms with Gasteiger partial charge in [-0.25, -0.2) is 9.78 Å². The molecule has 0 spiro atoms. The Morgan fingerprint density at radius 2 is 1.85 bits per heavy atom. The molecule has 4 N–H and O–H groups in total. The van der Waals surface area contributed by atoms with E-state index in [1.165, 1.54) is 18.5 Å². The van der Waals surface area contributed by atoms with Gasteiger partial charge in [0, 0.05) is 0 Å². The molecule has 7 nitrogen and oxygen atoms in total. The van der Waals surface area contributed by atoms with E-state index < -0.39 is 11.9 Å². The van der Waals surface area contributed by atoms with Gasteiger partial charge in [-0.05, 0) is 19.1 Å². The number of para-hydroxylation sites is 1. The Kier molecular flexibility index (Phi) is 3.90. The summed E-state index contributed by atoms with van der Waals surface area (Å²) >= 11 is 0. The number of primary amides is 1. The highest BCUT2D eigenvalue weighted by Gasteiger charge is 2.10. The van der Waals surface area contributed by atoms with E-state index in [1.807, 2.05) is 0 Å². The van der Waals surface area contributed by atoms with E-state index in [0.717, 1.165) is 5.69 Å². The lowest BCUT2D eigenvalue weighted by Gasteiger charge is -2.09. The number of hydrogen-bond donors (Lipinski definition) is 3. The smallest absolute Gasteiger partial charge is 0.324 e. The van der Waals surface area contributed by atoms with Gasteiger partial charge in [0.2, 0.25) is 0 Å². The molecule has 7 heteroatoms. The van der Waals surface area contributed by atoms with Crippen molar-refractivity contribution in [3.63, 3.8) is 0 Å². The van der Waals surface area contributed by atoms with Crippen molar-refractivity contribution in [2.24, 2.45) is 5.73 Å². The van der Waals surface area contributed by atoms with Crippen molar-refractivity contribution in [1.82, 2.24) is 9.97 Å². The van der Waals surface area contributed by atoms with Crippen molar-refractivity contribution in [2.45, 2.75) is 6.92 Å². The first kappa shape index (κ1) is 13.5. The van der Waals surface area contributed by atoms with Gasteiger partial charge in [0.15, 0.2) is 5.82 Å². The molecule has 0 aliphatic heterocycles. The number of aryl methyl sites for hydroxylation is 1. The van der Waals surface area contributed by atoms with Gasteiger partial charge in [-0.2, -0.15) is 0 Å². The number of nitrogens with zero attached hydrogens (tertiary/aromatic N) is 2. The fraction of sp³-hybridized carbons (Fsp3) is 0.0769. The summed E-state index contributed by atoms with van der Waals surface area (Å²) in [6, 6.07) is 5.93. The third-order valence-corrected chi connectivity index (χ3v) is 2.46. The molecule has 3 amide bonds. The molecular formula is C13H13N5O2. The largest absolute Gasteiger partial charge is 0.366 e. The highest BCUT2D eigenvalue weighted by molar-refractivity contribution is 6.05. The van der Waals surface area contributed by atoms with Gasteiger partial charge in [0.1, 0.15) is 0 Å². The zero-order chi connectivity index (χ0) is 14.5. The molecule has 1 heterocycles. The Labute approximate surface area is 115 Å². The molecule has 0 radical (unpaired) electrons. The third kappa shape index (κ3) is 3.29. The number of amides is 3. The predicted octanol–water partition coefficient (Wildman–Crippen LogP) is 1.53. The van der Waals surface area contributed by atoms with Crippen LogP contribution in [0.25, 0.3) is 0 Å². The number of aromatic nitrogens is 2. The van der Waals surface area contributed by atoms with Gasteiger partial charge in [0.05, 0.1) is 29.3 Å². The molecule has 20 heavy (non-hydrogen) atoms. The average molecular weight is 271 g/mol. The molecule has 0 bridgehead atoms. The molecule has 0 unspecified atom stereocenters. The number of nitrogens with two attached hydrogens (primary N) is 1. The fourth-order valence-corrected chi connectivity index (χ4v) is 1.53. The van der Waals surface area contributed by atoms with Crippen LogP contribution in [0.1, 0.15) is 16.1 Å². The number of benzene rings is 1. The Hall–Kier alpha value is -2.96. The second kappa shape index (κ2) is 5.79. The molecule has 0 aliphatic rings. The molecule has 0 fully saturated rings. The molecule has 2 rings (SSSR count). The van der Waals surface area contributed by atoms with E-state index in [2.05, 4.69) is 20.6 Å². The van der Waals surface area contributed by atoms with Crippen molar-refractivity contribution in [1.29, 1.82) is 0 Å². The molecule has 0 saturated heterocycles. The molecule has 102 valence electrons. The minimum Gasteiger partial charge on any atom is -0.366 e. The maximum absolute atomic E-state index is 11.8. The molecule has 1 aromatic carbocycles. The van der Waals surface area contributed by atoms with Gasteiger partial charge in [0.25, 0.3) is 5.91 Å². The maximum Gasteiger partial charge on any atom is 0.324 e. The van der Waals surface area contributed by atoms with Gasteiger partial charge in [-0.15, -0.1) is 0 Å². The molecule has 0 atom stereocenters. The zero-order valence-corrected chi connectivity index (χ0v) is 10.8. The summed E-state index contributed by atoms with van der Waals surface area (Å²) in [4.78, 5) is 31.0. The minimum absolute atomic E-state index is 0.234. The van der Waals surface area contributed by atoms with Crippen LogP contribution in [0.5, 0.6) is 0 Å². The Morgan fingerprint density at radius 1 is 1.10 bits per heavy atom. The van der Waals surface area contributed by atoms with Crippen LogP contribution in [0.4, 0.5) is 16.3 Å². The van der Waals surface area contributed by atoms with Crippen molar-refractivity contribution in [3.05, 3.63) is 47.9 Å². The summed E-state index contributed by atoms with van der Waals surface area (Å²) in [5, 5.41) is 5.04. The zero-order valence-electron chi connectivity index (χ0n) is 10.8. The number of carbonyl (C=O) groups is 2. The summed E-state index contributed by atoms with van der Waals surface area (Å²) in [6.07, 6.45) is 2.97. The maximum atomic E-state index is 11.8. The van der Waals surface area contributed by atoms with Crippen LogP contribution in [-0.2, 0) is 0 Å². The first-order valence-electron chi connectivity index (χ1n) is 5.82. The summed E-state index contributed by atoms with van der Waals surface area (Å²) in [7, 11) is 0. The van der Waals surface area contributed by atoms with Crippen LogP contribution in [0.2, 0.25) is 0 Å². The van der Waals surface area contributed by atoms with E-state index in [-0.39, 0.29) is 5.56 Å². The Balaban J connectivity index is 2.08. The quantitative estimate of drug-likeness (QED) is 0.786. The normalized spacial score (nSPS) is 9.85. The second-order valence-corrected chi connectivity index (χ2v) is 4.03. The monoisotopic (exact) mass is 271 g/mol. The van der Waals surface area contributed by atoms with Gasteiger partial charge < -0.3 is 11.1 Å². The lowest BCUT2D eigenvalue weighted by Crippen LogP contribution is -2.23. The van der Waals surface area contributed by atoms with Crippen LogP contribution >= 0.6 is 0 Å². The van der Waals surface area contributed by atoms with Crippen LogP contribution in [0, 0.1) is 6.92 Å². The van der Waals surface area contributed by atoms with Crippen LogP contribution in [0.3, 0.4) is 0 Å². The highest BCUT2D eigenvalue weighted by Crippen LogP contribution is 2.14. The fourth-order valence-electron chi connectivity index (χ4n) is 1.53. The highest BCUT2D eigenvalue weighted by atomic mass is 16.2. The molecule has 2 aromatic rings. The number of nitrogens with one attached hydrogen (secondary N) is 2. The second-order valence-electron chi connectivity index (χ2n) is 4.03. The van der Waals surface area contributed by atoms with E-state index >= 15 is 0 Å². The molecule has 0 saturated carbocycles. The van der Waals surface area contributed by atoms with Crippen molar-refractivity contribution < 1.29 is 9.59 Å². The SMILES string of the molecule is Cc1cnc(NC(=O)Nc2ccccc2C(N)=O)cn1. The van der Waals surface area contributed by atoms with Gasteiger partial charge in [-0.1, -0.05) is 12.1 Å². The van der Waals surface area contributed by atoms with Crippen LogP contribution in [-0.4, -0.2) is 21.9 Å². The lowest BCUT2D eigenvalue weighted by atomic mass is 10.1. The van der Waals surface area contributed by atoms with E-state index in [9.17, 15) is 9.59 Å². The average Bonchev–Trinajstić information content (AvgIpc) is 2.41. The Morgan fingerprint density at radius 3 is 2.50 bits per heavy atom. The van der Waals surface area contributed by atoms with Crippen LogP contribution < -0.4 is 16.4 Å². The first-order chi connectivity index (χ1) is 9.56. The topological polar surface area (TPSA) is 110 Å². The summed E-state index contributed by atoms with van der Waals surface area (Å²) in [5.41, 5.74) is 6.54. The van der Waals surface area contributed by atoms with Crippen molar-refractivity contribution >= 4 is 23.4 Å². The number of hydrogen-bond acceptors (Lipinski definition) is 4. The molecular weight excluding hydrogens is 258 g/mol. The number of rotatable bonds is 3. The number of anilines is 2. The molecule has 1 aromatic heterocycles. The third-order valence-electron chi connectivity index (χ3n) is 2.46. The predicted molar refractivity (Wildman–Crippen MR) is 74.4 cm³/mol. The number of carbonyl (C=O) groups excluding carboxylic acids is 2. The van der Waals surface area contributed by atoms with Gasteiger partial charge in [-0.3, -0.25) is 15.1 Å².